The Hall–Kier alpha value is -2.31. The summed E-state index contributed by atoms with van der Waals surface area (Å²) in [6.07, 6.45) is 1.74. The molecule has 0 aromatic carbocycles. The molecular weight excluding hydrogens is 210 g/mol. The van der Waals surface area contributed by atoms with Gasteiger partial charge in [-0.2, -0.15) is 0 Å². The fourth-order valence-electron chi connectivity index (χ4n) is 1.83. The molecule has 3 heterocycles. The lowest BCUT2D eigenvalue weighted by Gasteiger charge is -1.95. The van der Waals surface area contributed by atoms with Crippen molar-refractivity contribution in [2.75, 3.05) is 0 Å². The summed E-state index contributed by atoms with van der Waals surface area (Å²) in [6, 6.07) is 0. The van der Waals surface area contributed by atoms with Crippen molar-refractivity contribution in [1.29, 1.82) is 0 Å². The molecule has 16 heavy (non-hydrogen) atoms. The molecule has 0 amide bonds. The molecule has 0 atom stereocenters. The number of aromatic amines is 2. The van der Waals surface area contributed by atoms with Gasteiger partial charge >= 0.3 is 0 Å². The SMILES string of the molecule is Cc1cn2c(nc3c(=O)n(C)[nH]c(=O)c32)[nH]1. The van der Waals surface area contributed by atoms with Crippen LogP contribution in [-0.4, -0.2) is 24.1 Å². The van der Waals surface area contributed by atoms with Crippen LogP contribution >= 0.6 is 0 Å². The summed E-state index contributed by atoms with van der Waals surface area (Å²) < 4.78 is 2.72. The third-order valence-corrected chi connectivity index (χ3v) is 2.53. The average Bonchev–Trinajstić information content (AvgIpc) is 2.69. The van der Waals surface area contributed by atoms with Crippen LogP contribution in [0.3, 0.4) is 0 Å². The fraction of sp³-hybridized carbons (Fsp3) is 0.222. The van der Waals surface area contributed by atoms with E-state index in [4.69, 9.17) is 0 Å². The van der Waals surface area contributed by atoms with Crippen molar-refractivity contribution in [3.8, 4) is 0 Å². The van der Waals surface area contributed by atoms with Crippen LogP contribution in [0.15, 0.2) is 15.8 Å². The minimum atomic E-state index is -0.330. The van der Waals surface area contributed by atoms with Gasteiger partial charge in [0.2, 0.25) is 5.78 Å². The molecule has 82 valence electrons. The van der Waals surface area contributed by atoms with E-state index in [0.29, 0.717) is 5.78 Å². The van der Waals surface area contributed by atoms with Crippen LogP contribution in [0, 0.1) is 6.92 Å². The predicted octanol–water partition coefficient (Wildman–Crippen LogP) is -0.489. The van der Waals surface area contributed by atoms with Gasteiger partial charge in [-0.15, -0.1) is 0 Å². The molecule has 0 saturated heterocycles. The van der Waals surface area contributed by atoms with Crippen LogP contribution in [0.4, 0.5) is 0 Å². The number of aromatic nitrogens is 5. The Morgan fingerprint density at radius 2 is 2.12 bits per heavy atom. The van der Waals surface area contributed by atoms with E-state index in [2.05, 4.69) is 15.1 Å². The molecule has 7 nitrogen and oxygen atoms in total. The van der Waals surface area contributed by atoms with E-state index >= 15 is 0 Å². The highest BCUT2D eigenvalue weighted by molar-refractivity contribution is 5.77. The van der Waals surface area contributed by atoms with Gasteiger partial charge in [-0.25, -0.2) is 4.98 Å². The van der Waals surface area contributed by atoms with Gasteiger partial charge in [0, 0.05) is 18.9 Å². The zero-order chi connectivity index (χ0) is 11.4. The largest absolute Gasteiger partial charge is 0.328 e. The normalized spacial score (nSPS) is 11.6. The second kappa shape index (κ2) is 2.63. The first-order valence-corrected chi connectivity index (χ1v) is 4.74. The van der Waals surface area contributed by atoms with Gasteiger partial charge < -0.3 is 4.98 Å². The van der Waals surface area contributed by atoms with Gasteiger partial charge in [-0.05, 0) is 6.92 Å². The maximum atomic E-state index is 11.7. The number of aryl methyl sites for hydroxylation is 2. The van der Waals surface area contributed by atoms with Crippen LogP contribution < -0.4 is 11.1 Å². The highest BCUT2D eigenvalue weighted by Gasteiger charge is 2.14. The minimum absolute atomic E-state index is 0.178. The molecule has 3 rings (SSSR count). The van der Waals surface area contributed by atoms with Crippen molar-refractivity contribution in [2.45, 2.75) is 6.92 Å². The van der Waals surface area contributed by atoms with Crippen molar-refractivity contribution in [2.24, 2.45) is 7.05 Å². The monoisotopic (exact) mass is 219 g/mol. The molecule has 3 aromatic heterocycles. The molecule has 0 aliphatic rings. The summed E-state index contributed by atoms with van der Waals surface area (Å²) in [6.45, 7) is 1.86. The summed E-state index contributed by atoms with van der Waals surface area (Å²) in [4.78, 5) is 30.6. The summed E-state index contributed by atoms with van der Waals surface area (Å²) >= 11 is 0. The molecule has 0 aliphatic heterocycles. The predicted molar refractivity (Wildman–Crippen MR) is 57.6 cm³/mol. The third-order valence-electron chi connectivity index (χ3n) is 2.53. The Kier molecular flexibility index (Phi) is 1.47. The first-order valence-electron chi connectivity index (χ1n) is 4.74. The fourth-order valence-corrected chi connectivity index (χ4v) is 1.83. The number of hydrogen-bond acceptors (Lipinski definition) is 3. The van der Waals surface area contributed by atoms with E-state index in [-0.39, 0.29) is 22.2 Å². The second-order valence-electron chi connectivity index (χ2n) is 3.74. The zero-order valence-corrected chi connectivity index (χ0v) is 8.74. The molecule has 2 N–H and O–H groups in total. The first kappa shape index (κ1) is 8.96. The highest BCUT2D eigenvalue weighted by atomic mass is 16.2. The van der Waals surface area contributed by atoms with Gasteiger partial charge in [0.1, 0.15) is 5.52 Å². The Balaban J connectivity index is 2.72. The maximum Gasteiger partial charge on any atom is 0.293 e. The van der Waals surface area contributed by atoms with Crippen molar-refractivity contribution in [1.82, 2.24) is 24.1 Å². The van der Waals surface area contributed by atoms with Gasteiger partial charge in [-0.3, -0.25) is 23.8 Å². The summed E-state index contributed by atoms with van der Waals surface area (Å²) in [5, 5.41) is 2.44. The number of rotatable bonds is 0. The van der Waals surface area contributed by atoms with Crippen LogP contribution in [0.1, 0.15) is 5.69 Å². The van der Waals surface area contributed by atoms with E-state index in [1.807, 2.05) is 6.92 Å². The average molecular weight is 219 g/mol. The van der Waals surface area contributed by atoms with Crippen molar-refractivity contribution in [3.63, 3.8) is 0 Å². The second-order valence-corrected chi connectivity index (χ2v) is 3.74. The van der Waals surface area contributed by atoms with E-state index in [1.54, 1.807) is 10.6 Å². The number of imidazole rings is 2. The minimum Gasteiger partial charge on any atom is -0.328 e. The molecule has 0 bridgehead atoms. The highest BCUT2D eigenvalue weighted by Crippen LogP contribution is 2.09. The lowest BCUT2D eigenvalue weighted by atomic mass is 10.4. The molecule has 0 radical (unpaired) electrons. The van der Waals surface area contributed by atoms with Crippen molar-refractivity contribution >= 4 is 16.8 Å². The van der Waals surface area contributed by atoms with E-state index < -0.39 is 0 Å². The molecule has 0 saturated carbocycles. The van der Waals surface area contributed by atoms with Gasteiger partial charge in [-0.1, -0.05) is 0 Å². The van der Waals surface area contributed by atoms with Crippen LogP contribution in [0.25, 0.3) is 16.8 Å². The van der Waals surface area contributed by atoms with Crippen molar-refractivity contribution in [3.05, 3.63) is 32.6 Å². The van der Waals surface area contributed by atoms with Gasteiger partial charge in [0.15, 0.2) is 5.52 Å². The Labute approximate surface area is 88.3 Å². The zero-order valence-electron chi connectivity index (χ0n) is 8.74. The molecule has 3 aromatic rings. The summed E-state index contributed by atoms with van der Waals surface area (Å²) in [5.41, 5.74) is 0.692. The number of nitrogens with zero attached hydrogens (tertiary/aromatic N) is 3. The number of fused-ring (bicyclic) bond motifs is 3. The number of hydrogen-bond donors (Lipinski definition) is 2. The van der Waals surface area contributed by atoms with Crippen LogP contribution in [0.2, 0.25) is 0 Å². The van der Waals surface area contributed by atoms with Crippen molar-refractivity contribution < 1.29 is 0 Å². The molecule has 7 heteroatoms. The van der Waals surface area contributed by atoms with Crippen LogP contribution in [-0.2, 0) is 7.05 Å². The Morgan fingerprint density at radius 3 is 2.88 bits per heavy atom. The Morgan fingerprint density at radius 1 is 1.38 bits per heavy atom. The molecule has 0 unspecified atom stereocenters. The van der Waals surface area contributed by atoms with E-state index in [0.717, 1.165) is 10.4 Å². The first-order chi connectivity index (χ1) is 7.58. The summed E-state index contributed by atoms with van der Waals surface area (Å²) in [7, 11) is 1.49. The quantitative estimate of drug-likeness (QED) is 0.534. The lowest BCUT2D eigenvalue weighted by Crippen LogP contribution is -2.27. The topological polar surface area (TPSA) is 87.9 Å². The Bertz CT molecular complexity index is 816. The molecule has 0 aliphatic carbocycles. The molecule has 0 spiro atoms. The van der Waals surface area contributed by atoms with E-state index in [1.165, 1.54) is 7.05 Å². The summed E-state index contributed by atoms with van der Waals surface area (Å²) in [5.74, 6) is 0.501. The third kappa shape index (κ3) is 0.940. The standard InChI is InChI=1S/C9H9N5O2/c1-4-3-14-6-5(11-9(14)10-4)8(16)13(2)12-7(6)15/h3H,1-2H3,(H,10,11)(H,12,15). The lowest BCUT2D eigenvalue weighted by molar-refractivity contribution is 0.701. The smallest absolute Gasteiger partial charge is 0.293 e. The molecular formula is C9H9N5O2. The van der Waals surface area contributed by atoms with Gasteiger partial charge in [0.05, 0.1) is 0 Å². The maximum absolute atomic E-state index is 11.7. The van der Waals surface area contributed by atoms with E-state index in [9.17, 15) is 9.59 Å². The molecule has 0 fully saturated rings. The number of nitrogens with one attached hydrogen (secondary N) is 2. The number of H-pyrrole nitrogens is 2. The van der Waals surface area contributed by atoms with Crippen LogP contribution in [0.5, 0.6) is 0 Å². The van der Waals surface area contributed by atoms with Gasteiger partial charge in [0.25, 0.3) is 11.1 Å².